The first-order chi connectivity index (χ1) is 9.47. The van der Waals surface area contributed by atoms with Gasteiger partial charge in [-0.3, -0.25) is 0 Å². The Kier molecular flexibility index (Phi) is 5.22. The van der Waals surface area contributed by atoms with Crippen molar-refractivity contribution in [2.24, 2.45) is 17.6 Å². The Bertz CT molecular complexity index is 429. The Morgan fingerprint density at radius 1 is 1.30 bits per heavy atom. The van der Waals surface area contributed by atoms with E-state index in [0.717, 1.165) is 24.8 Å². The Labute approximate surface area is 124 Å². The monoisotopic (exact) mass is 274 g/mol. The Morgan fingerprint density at radius 2 is 2.05 bits per heavy atom. The van der Waals surface area contributed by atoms with Gasteiger partial charge in [-0.2, -0.15) is 0 Å². The molecule has 1 saturated heterocycles. The second kappa shape index (κ2) is 6.73. The number of piperidine rings is 1. The summed E-state index contributed by atoms with van der Waals surface area (Å²) in [5.74, 6) is 1.62. The summed E-state index contributed by atoms with van der Waals surface area (Å²) in [6.07, 6.45) is 2.41. The van der Waals surface area contributed by atoms with Gasteiger partial charge in [0.25, 0.3) is 0 Å². The summed E-state index contributed by atoms with van der Waals surface area (Å²) < 4.78 is 0. The molecule has 4 atom stereocenters. The molecule has 1 aliphatic rings. The molecule has 0 saturated carbocycles. The molecule has 0 amide bonds. The molecule has 2 nitrogen and oxygen atoms in total. The smallest absolute Gasteiger partial charge is 0.0307 e. The lowest BCUT2D eigenvalue weighted by Gasteiger charge is -2.41. The van der Waals surface area contributed by atoms with Gasteiger partial charge in [0.05, 0.1) is 0 Å². The molecule has 0 spiro atoms. The summed E-state index contributed by atoms with van der Waals surface area (Å²) in [6, 6.07) is 9.47. The fourth-order valence-corrected chi connectivity index (χ4v) is 3.50. The minimum absolute atomic E-state index is 0.162. The highest BCUT2D eigenvalue weighted by atomic mass is 15.2. The van der Waals surface area contributed by atoms with E-state index in [2.05, 4.69) is 56.9 Å². The van der Waals surface area contributed by atoms with E-state index in [1.165, 1.54) is 24.1 Å². The van der Waals surface area contributed by atoms with Gasteiger partial charge in [0.2, 0.25) is 0 Å². The standard InChI is InChI=1S/C18H30N2/c1-13-6-5-7-17(11-13)18(19)8-9-20-12-14(2)10-15(3)16(20)4/h5-7,11,14-16,18H,8-10,12,19H2,1-4H3. The molecule has 0 bridgehead atoms. The van der Waals surface area contributed by atoms with Gasteiger partial charge in [-0.25, -0.2) is 0 Å². The normalized spacial score (nSPS) is 29.4. The minimum atomic E-state index is 0.162. The van der Waals surface area contributed by atoms with Crippen molar-refractivity contribution in [1.29, 1.82) is 0 Å². The SMILES string of the molecule is Cc1cccc(C(N)CCN2CC(C)CC(C)C2C)c1. The molecule has 4 unspecified atom stereocenters. The zero-order valence-electron chi connectivity index (χ0n) is 13.5. The van der Waals surface area contributed by atoms with E-state index in [1.54, 1.807) is 0 Å². The second-order valence-electron chi connectivity index (χ2n) is 6.86. The van der Waals surface area contributed by atoms with Crippen LogP contribution in [0.5, 0.6) is 0 Å². The van der Waals surface area contributed by atoms with Gasteiger partial charge >= 0.3 is 0 Å². The summed E-state index contributed by atoms with van der Waals surface area (Å²) in [6.45, 7) is 11.6. The number of benzene rings is 1. The van der Waals surface area contributed by atoms with Crippen LogP contribution in [-0.2, 0) is 0 Å². The maximum absolute atomic E-state index is 6.37. The van der Waals surface area contributed by atoms with Gasteiger partial charge in [0.1, 0.15) is 0 Å². The van der Waals surface area contributed by atoms with Crippen molar-refractivity contribution in [1.82, 2.24) is 4.90 Å². The van der Waals surface area contributed by atoms with Crippen LogP contribution in [0.3, 0.4) is 0 Å². The molecule has 2 rings (SSSR count). The molecule has 2 heteroatoms. The van der Waals surface area contributed by atoms with E-state index in [-0.39, 0.29) is 6.04 Å². The highest BCUT2D eigenvalue weighted by molar-refractivity contribution is 5.24. The van der Waals surface area contributed by atoms with Crippen molar-refractivity contribution in [2.45, 2.75) is 52.6 Å². The lowest BCUT2D eigenvalue weighted by molar-refractivity contribution is 0.0770. The van der Waals surface area contributed by atoms with Gasteiger partial charge in [-0.05, 0) is 44.1 Å². The van der Waals surface area contributed by atoms with Crippen LogP contribution in [0.1, 0.15) is 50.8 Å². The molecule has 112 valence electrons. The molecule has 0 aromatic heterocycles. The lowest BCUT2D eigenvalue weighted by atomic mass is 9.85. The fraction of sp³-hybridized carbons (Fsp3) is 0.667. The summed E-state index contributed by atoms with van der Waals surface area (Å²) in [4.78, 5) is 2.63. The number of nitrogens with zero attached hydrogens (tertiary/aromatic N) is 1. The molecular formula is C18H30N2. The van der Waals surface area contributed by atoms with Crippen LogP contribution < -0.4 is 5.73 Å². The Hall–Kier alpha value is -0.860. The molecule has 1 aromatic rings. The summed E-state index contributed by atoms with van der Waals surface area (Å²) in [7, 11) is 0. The van der Waals surface area contributed by atoms with Crippen molar-refractivity contribution in [3.63, 3.8) is 0 Å². The average Bonchev–Trinajstić information content (AvgIpc) is 2.40. The number of hydrogen-bond acceptors (Lipinski definition) is 2. The average molecular weight is 274 g/mol. The minimum Gasteiger partial charge on any atom is -0.324 e. The van der Waals surface area contributed by atoms with Crippen LogP contribution in [0.15, 0.2) is 24.3 Å². The molecule has 1 aliphatic heterocycles. The number of aryl methyl sites for hydroxylation is 1. The van der Waals surface area contributed by atoms with Gasteiger partial charge in [-0.15, -0.1) is 0 Å². The van der Waals surface area contributed by atoms with E-state index >= 15 is 0 Å². The van der Waals surface area contributed by atoms with E-state index in [9.17, 15) is 0 Å². The number of rotatable bonds is 4. The summed E-state index contributed by atoms with van der Waals surface area (Å²) in [5, 5.41) is 0. The molecule has 0 radical (unpaired) electrons. The zero-order valence-corrected chi connectivity index (χ0v) is 13.5. The van der Waals surface area contributed by atoms with Crippen molar-refractivity contribution < 1.29 is 0 Å². The van der Waals surface area contributed by atoms with Gasteiger partial charge in [0.15, 0.2) is 0 Å². The van der Waals surface area contributed by atoms with Crippen LogP contribution >= 0.6 is 0 Å². The van der Waals surface area contributed by atoms with E-state index in [1.807, 2.05) is 0 Å². The molecule has 1 fully saturated rings. The van der Waals surface area contributed by atoms with Crippen molar-refractivity contribution >= 4 is 0 Å². The fourth-order valence-electron chi connectivity index (χ4n) is 3.50. The van der Waals surface area contributed by atoms with Gasteiger partial charge in [0, 0.05) is 25.2 Å². The maximum atomic E-state index is 6.37. The molecule has 1 aromatic carbocycles. The summed E-state index contributed by atoms with van der Waals surface area (Å²) in [5.41, 5.74) is 8.94. The molecule has 0 aliphatic carbocycles. The molecule has 2 N–H and O–H groups in total. The number of nitrogens with two attached hydrogens (primary N) is 1. The van der Waals surface area contributed by atoms with E-state index < -0.39 is 0 Å². The quantitative estimate of drug-likeness (QED) is 0.906. The largest absolute Gasteiger partial charge is 0.324 e. The topological polar surface area (TPSA) is 29.3 Å². The highest BCUT2D eigenvalue weighted by Gasteiger charge is 2.28. The van der Waals surface area contributed by atoms with Crippen LogP contribution in [0.4, 0.5) is 0 Å². The Balaban J connectivity index is 1.91. The third-order valence-corrected chi connectivity index (χ3v) is 4.92. The van der Waals surface area contributed by atoms with Gasteiger partial charge < -0.3 is 10.6 Å². The summed E-state index contributed by atoms with van der Waals surface area (Å²) >= 11 is 0. The van der Waals surface area contributed by atoms with Crippen molar-refractivity contribution in [3.8, 4) is 0 Å². The van der Waals surface area contributed by atoms with Crippen LogP contribution in [-0.4, -0.2) is 24.0 Å². The first kappa shape index (κ1) is 15.5. The van der Waals surface area contributed by atoms with Crippen molar-refractivity contribution in [3.05, 3.63) is 35.4 Å². The number of likely N-dealkylation sites (tertiary alicyclic amines) is 1. The molecular weight excluding hydrogens is 244 g/mol. The van der Waals surface area contributed by atoms with Crippen LogP contribution in [0, 0.1) is 18.8 Å². The Morgan fingerprint density at radius 3 is 2.75 bits per heavy atom. The van der Waals surface area contributed by atoms with Crippen LogP contribution in [0.2, 0.25) is 0 Å². The van der Waals surface area contributed by atoms with Gasteiger partial charge in [-0.1, -0.05) is 43.7 Å². The maximum Gasteiger partial charge on any atom is 0.0307 e. The number of hydrogen-bond donors (Lipinski definition) is 1. The second-order valence-corrected chi connectivity index (χ2v) is 6.86. The predicted molar refractivity (Wildman–Crippen MR) is 86.7 cm³/mol. The zero-order chi connectivity index (χ0) is 14.7. The third kappa shape index (κ3) is 3.83. The first-order valence-electron chi connectivity index (χ1n) is 8.03. The predicted octanol–water partition coefficient (Wildman–Crippen LogP) is 3.75. The molecule has 20 heavy (non-hydrogen) atoms. The highest BCUT2D eigenvalue weighted by Crippen LogP contribution is 2.27. The van der Waals surface area contributed by atoms with Crippen LogP contribution in [0.25, 0.3) is 0 Å². The lowest BCUT2D eigenvalue weighted by Crippen LogP contribution is -2.46. The third-order valence-electron chi connectivity index (χ3n) is 4.92. The van der Waals surface area contributed by atoms with Crippen molar-refractivity contribution in [2.75, 3.05) is 13.1 Å². The first-order valence-corrected chi connectivity index (χ1v) is 8.03. The van der Waals surface area contributed by atoms with E-state index in [0.29, 0.717) is 6.04 Å². The van der Waals surface area contributed by atoms with E-state index in [4.69, 9.17) is 5.73 Å². The molecule has 1 heterocycles.